The zero-order valence-electron chi connectivity index (χ0n) is 8.03. The predicted octanol–water partition coefficient (Wildman–Crippen LogP) is 3.12. The van der Waals surface area contributed by atoms with E-state index >= 15 is 0 Å². The maximum absolute atomic E-state index is 12.8. The summed E-state index contributed by atoms with van der Waals surface area (Å²) in [6.07, 6.45) is 1.60. The van der Waals surface area contributed by atoms with E-state index in [1.165, 1.54) is 23.5 Å². The van der Waals surface area contributed by atoms with Gasteiger partial charge in [-0.05, 0) is 12.1 Å². The van der Waals surface area contributed by atoms with E-state index in [9.17, 15) is 4.39 Å². The molecule has 0 atom stereocenters. The number of aromatic nitrogens is 1. The van der Waals surface area contributed by atoms with Crippen molar-refractivity contribution < 1.29 is 9.13 Å². The Balaban J connectivity index is 2.14. The molecule has 1 aromatic carbocycles. The van der Waals surface area contributed by atoms with E-state index in [4.69, 9.17) is 4.74 Å². The number of ether oxygens (including phenoxy) is 1. The molecule has 0 amide bonds. The monoisotopic (exact) mass is 224 g/mol. The van der Waals surface area contributed by atoms with E-state index in [1.807, 2.05) is 0 Å². The van der Waals surface area contributed by atoms with E-state index in [0.717, 1.165) is 5.13 Å². The van der Waals surface area contributed by atoms with Crippen molar-refractivity contribution in [1.82, 2.24) is 4.98 Å². The molecule has 0 aliphatic carbocycles. The Morgan fingerprint density at radius 2 is 2.33 bits per heavy atom. The van der Waals surface area contributed by atoms with Crippen molar-refractivity contribution in [2.24, 2.45) is 0 Å². The zero-order chi connectivity index (χ0) is 10.7. The Kier molecular flexibility index (Phi) is 2.82. The van der Waals surface area contributed by atoms with Gasteiger partial charge in [-0.1, -0.05) is 17.4 Å². The molecule has 2 rings (SSSR count). The predicted molar refractivity (Wildman–Crippen MR) is 58.1 cm³/mol. The number of thiazole rings is 1. The van der Waals surface area contributed by atoms with Crippen molar-refractivity contribution in [2.75, 3.05) is 12.4 Å². The van der Waals surface area contributed by atoms with Crippen LogP contribution in [0.25, 0.3) is 0 Å². The second-order valence-electron chi connectivity index (χ2n) is 2.79. The largest absolute Gasteiger partial charge is 0.445 e. The summed E-state index contributed by atoms with van der Waals surface area (Å²) in [5.41, 5.74) is 0. The van der Waals surface area contributed by atoms with Crippen molar-refractivity contribution in [3.63, 3.8) is 0 Å². The summed E-state index contributed by atoms with van der Waals surface area (Å²) in [6.45, 7) is 0. The summed E-state index contributed by atoms with van der Waals surface area (Å²) in [7, 11) is 1.78. The van der Waals surface area contributed by atoms with Gasteiger partial charge in [0.2, 0.25) is 5.06 Å². The van der Waals surface area contributed by atoms with Gasteiger partial charge < -0.3 is 10.1 Å². The molecule has 2 aromatic rings. The van der Waals surface area contributed by atoms with Crippen LogP contribution in [0, 0.1) is 5.82 Å². The minimum absolute atomic E-state index is 0.314. The molecular formula is C10H9FN2OS. The highest BCUT2D eigenvalue weighted by molar-refractivity contribution is 7.17. The number of benzene rings is 1. The van der Waals surface area contributed by atoms with Gasteiger partial charge in [-0.15, -0.1) is 0 Å². The maximum atomic E-state index is 12.8. The molecule has 0 aliphatic rings. The van der Waals surface area contributed by atoms with Gasteiger partial charge in [-0.2, -0.15) is 0 Å². The van der Waals surface area contributed by atoms with E-state index in [1.54, 1.807) is 25.4 Å². The number of nitrogens with zero attached hydrogens (tertiary/aromatic N) is 1. The van der Waals surface area contributed by atoms with Gasteiger partial charge in [0.15, 0.2) is 5.13 Å². The zero-order valence-corrected chi connectivity index (χ0v) is 8.84. The average molecular weight is 224 g/mol. The van der Waals surface area contributed by atoms with Gasteiger partial charge in [0, 0.05) is 13.1 Å². The number of anilines is 1. The van der Waals surface area contributed by atoms with Gasteiger partial charge in [0.25, 0.3) is 0 Å². The van der Waals surface area contributed by atoms with Crippen LogP contribution < -0.4 is 10.1 Å². The van der Waals surface area contributed by atoms with Crippen molar-refractivity contribution in [2.45, 2.75) is 0 Å². The molecule has 3 nitrogen and oxygen atoms in total. The standard InChI is InChI=1S/C10H9FN2OS/c1-12-10-13-6-9(15-10)14-8-4-2-3-7(11)5-8/h2-6H,1H3,(H,12,13). The Bertz CT molecular complexity index is 458. The lowest BCUT2D eigenvalue weighted by molar-refractivity contribution is 0.488. The van der Waals surface area contributed by atoms with Crippen molar-refractivity contribution in [3.8, 4) is 10.8 Å². The fraction of sp³-hybridized carbons (Fsp3) is 0.100. The number of rotatable bonds is 3. The number of hydrogen-bond donors (Lipinski definition) is 1. The topological polar surface area (TPSA) is 34.2 Å². The van der Waals surface area contributed by atoms with Crippen LogP contribution in [-0.2, 0) is 0 Å². The third-order valence-corrected chi connectivity index (χ3v) is 2.61. The van der Waals surface area contributed by atoms with E-state index in [2.05, 4.69) is 10.3 Å². The van der Waals surface area contributed by atoms with Gasteiger partial charge >= 0.3 is 0 Å². The lowest BCUT2D eigenvalue weighted by Crippen LogP contribution is -1.83. The van der Waals surface area contributed by atoms with Gasteiger partial charge in [-0.25, -0.2) is 9.37 Å². The third-order valence-electron chi connectivity index (χ3n) is 1.71. The first kappa shape index (κ1) is 9.92. The molecule has 78 valence electrons. The molecule has 0 saturated heterocycles. The summed E-state index contributed by atoms with van der Waals surface area (Å²) in [6, 6.07) is 6.00. The molecule has 15 heavy (non-hydrogen) atoms. The molecule has 0 spiro atoms. The molecule has 0 radical (unpaired) electrons. The Hall–Kier alpha value is -1.62. The second kappa shape index (κ2) is 4.27. The van der Waals surface area contributed by atoms with Crippen LogP contribution in [0.4, 0.5) is 9.52 Å². The van der Waals surface area contributed by atoms with Crippen molar-refractivity contribution in [3.05, 3.63) is 36.3 Å². The molecule has 1 aromatic heterocycles. The highest BCUT2D eigenvalue weighted by Crippen LogP contribution is 2.29. The van der Waals surface area contributed by atoms with Crippen molar-refractivity contribution in [1.29, 1.82) is 0 Å². The fourth-order valence-corrected chi connectivity index (χ4v) is 1.71. The van der Waals surface area contributed by atoms with Crippen LogP contribution >= 0.6 is 11.3 Å². The minimum Gasteiger partial charge on any atom is -0.445 e. The van der Waals surface area contributed by atoms with Gasteiger partial charge in [-0.3, -0.25) is 0 Å². The van der Waals surface area contributed by atoms with Crippen LogP contribution in [0.5, 0.6) is 10.8 Å². The lowest BCUT2D eigenvalue weighted by Gasteiger charge is -2.00. The average Bonchev–Trinajstić information content (AvgIpc) is 2.65. The van der Waals surface area contributed by atoms with Crippen LogP contribution in [0.2, 0.25) is 0 Å². The van der Waals surface area contributed by atoms with Crippen LogP contribution in [0.1, 0.15) is 0 Å². The number of halogens is 1. The molecule has 1 heterocycles. The summed E-state index contributed by atoms with van der Waals surface area (Å²) < 4.78 is 18.3. The van der Waals surface area contributed by atoms with Crippen molar-refractivity contribution >= 4 is 16.5 Å². The molecule has 0 saturated carbocycles. The van der Waals surface area contributed by atoms with Crippen LogP contribution in [0.3, 0.4) is 0 Å². The van der Waals surface area contributed by atoms with Crippen LogP contribution in [-0.4, -0.2) is 12.0 Å². The quantitative estimate of drug-likeness (QED) is 0.869. The number of hydrogen-bond acceptors (Lipinski definition) is 4. The lowest BCUT2D eigenvalue weighted by atomic mass is 10.3. The third kappa shape index (κ3) is 2.44. The number of nitrogens with one attached hydrogen (secondary N) is 1. The highest BCUT2D eigenvalue weighted by atomic mass is 32.1. The SMILES string of the molecule is CNc1ncc(Oc2cccc(F)c2)s1. The summed E-state index contributed by atoms with van der Waals surface area (Å²) in [4.78, 5) is 4.04. The molecule has 5 heteroatoms. The van der Waals surface area contributed by atoms with E-state index in [-0.39, 0.29) is 5.82 Å². The molecular weight excluding hydrogens is 215 g/mol. The Labute approximate surface area is 90.5 Å². The first-order chi connectivity index (χ1) is 7.28. The van der Waals surface area contributed by atoms with Gasteiger partial charge in [0.1, 0.15) is 11.6 Å². The Morgan fingerprint density at radius 1 is 1.47 bits per heavy atom. The molecule has 0 unspecified atom stereocenters. The fourth-order valence-electron chi connectivity index (χ4n) is 1.07. The summed E-state index contributed by atoms with van der Waals surface area (Å²) in [5.74, 6) is 0.159. The van der Waals surface area contributed by atoms with E-state index in [0.29, 0.717) is 10.8 Å². The van der Waals surface area contributed by atoms with Crippen LogP contribution in [0.15, 0.2) is 30.5 Å². The molecule has 0 bridgehead atoms. The first-order valence-corrected chi connectivity index (χ1v) is 5.16. The molecule has 0 aliphatic heterocycles. The molecule has 0 fully saturated rings. The summed E-state index contributed by atoms with van der Waals surface area (Å²) >= 11 is 1.37. The van der Waals surface area contributed by atoms with Gasteiger partial charge in [0.05, 0.1) is 6.20 Å². The Morgan fingerprint density at radius 3 is 3.00 bits per heavy atom. The highest BCUT2D eigenvalue weighted by Gasteiger charge is 2.03. The maximum Gasteiger partial charge on any atom is 0.202 e. The molecule has 1 N–H and O–H groups in total. The smallest absolute Gasteiger partial charge is 0.202 e. The van der Waals surface area contributed by atoms with E-state index < -0.39 is 0 Å². The minimum atomic E-state index is -0.314. The normalized spacial score (nSPS) is 10.0. The summed E-state index contributed by atoms with van der Waals surface area (Å²) in [5, 5.41) is 4.29. The first-order valence-electron chi connectivity index (χ1n) is 4.35. The second-order valence-corrected chi connectivity index (χ2v) is 3.79.